The van der Waals surface area contributed by atoms with Gasteiger partial charge in [0.25, 0.3) is 0 Å². The SMILES string of the molecule is CN(C)c1ccc(C2C3=C(CC(C)(C)CC3=O)Nc3ccc4ccccc4c32)cc1. The molecule has 152 valence electrons. The molecule has 3 aromatic carbocycles. The van der Waals surface area contributed by atoms with E-state index < -0.39 is 0 Å². The molecule has 0 bridgehead atoms. The summed E-state index contributed by atoms with van der Waals surface area (Å²) in [4.78, 5) is 15.5. The maximum atomic E-state index is 13.4. The van der Waals surface area contributed by atoms with Crippen LogP contribution in [0, 0.1) is 5.41 Å². The average Bonchev–Trinajstić information content (AvgIpc) is 2.71. The van der Waals surface area contributed by atoms with Crippen LogP contribution in [0.5, 0.6) is 0 Å². The quantitative estimate of drug-likeness (QED) is 0.567. The molecule has 3 heteroatoms. The topological polar surface area (TPSA) is 32.3 Å². The van der Waals surface area contributed by atoms with E-state index in [9.17, 15) is 4.79 Å². The third kappa shape index (κ3) is 3.00. The van der Waals surface area contributed by atoms with Crippen molar-refractivity contribution in [2.24, 2.45) is 5.41 Å². The van der Waals surface area contributed by atoms with Crippen molar-refractivity contribution in [1.82, 2.24) is 0 Å². The van der Waals surface area contributed by atoms with Gasteiger partial charge in [-0.05, 0) is 51.9 Å². The molecule has 0 fully saturated rings. The first-order valence-corrected chi connectivity index (χ1v) is 10.7. The Morgan fingerprint density at radius 2 is 1.67 bits per heavy atom. The van der Waals surface area contributed by atoms with E-state index in [0.717, 1.165) is 29.1 Å². The normalized spacial score (nSPS) is 19.9. The van der Waals surface area contributed by atoms with Crippen LogP contribution in [0.1, 0.15) is 43.7 Å². The molecule has 0 saturated heterocycles. The number of hydrogen-bond acceptors (Lipinski definition) is 3. The molecular weight excluding hydrogens is 368 g/mol. The van der Waals surface area contributed by atoms with Gasteiger partial charge in [0.15, 0.2) is 5.78 Å². The molecule has 3 aromatic rings. The van der Waals surface area contributed by atoms with Crippen LogP contribution in [0.25, 0.3) is 10.8 Å². The van der Waals surface area contributed by atoms with Gasteiger partial charge < -0.3 is 10.2 Å². The maximum Gasteiger partial charge on any atom is 0.162 e. The van der Waals surface area contributed by atoms with Crippen molar-refractivity contribution >= 4 is 27.9 Å². The Morgan fingerprint density at radius 1 is 0.933 bits per heavy atom. The van der Waals surface area contributed by atoms with Crippen molar-refractivity contribution in [3.05, 3.63) is 83.1 Å². The molecular formula is C27H28N2O. The summed E-state index contributed by atoms with van der Waals surface area (Å²) in [7, 11) is 4.10. The Balaban J connectivity index is 1.77. The second-order valence-electron chi connectivity index (χ2n) is 9.63. The molecule has 1 aliphatic heterocycles. The minimum atomic E-state index is -0.0397. The number of hydrogen-bond donors (Lipinski definition) is 1. The zero-order chi connectivity index (χ0) is 21.0. The van der Waals surface area contributed by atoms with Gasteiger partial charge in [0.05, 0.1) is 0 Å². The number of allylic oxidation sites excluding steroid dienone is 2. The molecule has 5 rings (SSSR count). The van der Waals surface area contributed by atoms with Crippen LogP contribution >= 0.6 is 0 Å². The van der Waals surface area contributed by atoms with Crippen LogP contribution in [-0.4, -0.2) is 19.9 Å². The fraction of sp³-hybridized carbons (Fsp3) is 0.296. The Kier molecular flexibility index (Phi) is 4.25. The zero-order valence-corrected chi connectivity index (χ0v) is 18.1. The predicted octanol–water partition coefficient (Wildman–Crippen LogP) is 6.11. The molecule has 1 unspecified atom stereocenters. The first kappa shape index (κ1) is 18.9. The van der Waals surface area contributed by atoms with Gasteiger partial charge in [0, 0.05) is 49.1 Å². The molecule has 0 amide bonds. The maximum absolute atomic E-state index is 13.4. The lowest BCUT2D eigenvalue weighted by Gasteiger charge is -2.40. The van der Waals surface area contributed by atoms with Gasteiger partial charge in [-0.25, -0.2) is 0 Å². The van der Waals surface area contributed by atoms with Gasteiger partial charge in [0.2, 0.25) is 0 Å². The van der Waals surface area contributed by atoms with E-state index in [4.69, 9.17) is 0 Å². The number of carbonyl (C=O) groups excluding carboxylic acids is 1. The molecule has 0 aromatic heterocycles. The summed E-state index contributed by atoms with van der Waals surface area (Å²) >= 11 is 0. The van der Waals surface area contributed by atoms with Crippen LogP contribution in [-0.2, 0) is 4.79 Å². The third-order valence-electron chi connectivity index (χ3n) is 6.50. The highest BCUT2D eigenvalue weighted by Crippen LogP contribution is 2.50. The number of Topliss-reactive ketones (excluding diaryl/α,β-unsaturated/α-hetero) is 1. The van der Waals surface area contributed by atoms with E-state index in [2.05, 4.69) is 98.8 Å². The van der Waals surface area contributed by atoms with Crippen molar-refractivity contribution < 1.29 is 4.79 Å². The summed E-state index contributed by atoms with van der Waals surface area (Å²) < 4.78 is 0. The lowest BCUT2D eigenvalue weighted by Crippen LogP contribution is -2.33. The van der Waals surface area contributed by atoms with E-state index in [0.29, 0.717) is 6.42 Å². The first-order chi connectivity index (χ1) is 14.3. The molecule has 0 spiro atoms. The molecule has 1 aliphatic carbocycles. The van der Waals surface area contributed by atoms with E-state index in [-0.39, 0.29) is 17.1 Å². The second kappa shape index (κ2) is 6.73. The van der Waals surface area contributed by atoms with Crippen LogP contribution in [0.3, 0.4) is 0 Å². The minimum absolute atomic E-state index is 0.0173. The first-order valence-electron chi connectivity index (χ1n) is 10.7. The number of nitrogens with zero attached hydrogens (tertiary/aromatic N) is 1. The van der Waals surface area contributed by atoms with Crippen molar-refractivity contribution in [3.63, 3.8) is 0 Å². The van der Waals surface area contributed by atoms with Crippen molar-refractivity contribution in [3.8, 4) is 0 Å². The molecule has 1 atom stereocenters. The number of anilines is 2. The van der Waals surface area contributed by atoms with Gasteiger partial charge in [-0.15, -0.1) is 0 Å². The number of carbonyl (C=O) groups is 1. The number of ketones is 1. The summed E-state index contributed by atoms with van der Waals surface area (Å²) in [5, 5.41) is 6.08. The predicted molar refractivity (Wildman–Crippen MR) is 125 cm³/mol. The number of rotatable bonds is 2. The van der Waals surface area contributed by atoms with E-state index in [1.807, 2.05) is 0 Å². The Hall–Kier alpha value is -3.07. The molecule has 3 nitrogen and oxygen atoms in total. The zero-order valence-electron chi connectivity index (χ0n) is 18.1. The molecule has 0 radical (unpaired) electrons. The van der Waals surface area contributed by atoms with E-state index >= 15 is 0 Å². The standard InChI is InChI=1S/C27H28N2O/c1-27(2)15-22-26(23(30)16-27)24(18-9-12-19(13-10-18)29(3)4)25-20-8-6-5-7-17(20)11-14-21(25)28-22/h5-14,24,28H,15-16H2,1-4H3. The van der Waals surface area contributed by atoms with Crippen LogP contribution < -0.4 is 10.2 Å². The minimum Gasteiger partial charge on any atom is -0.378 e. The highest BCUT2D eigenvalue weighted by Gasteiger charge is 2.41. The Morgan fingerprint density at radius 3 is 2.40 bits per heavy atom. The largest absolute Gasteiger partial charge is 0.378 e. The number of nitrogens with one attached hydrogen (secondary N) is 1. The summed E-state index contributed by atoms with van der Waals surface area (Å²) in [6, 6.07) is 21.5. The summed E-state index contributed by atoms with van der Waals surface area (Å²) in [5.74, 6) is 0.233. The van der Waals surface area contributed by atoms with Crippen LogP contribution in [0.15, 0.2) is 71.9 Å². The smallest absolute Gasteiger partial charge is 0.162 e. The molecule has 30 heavy (non-hydrogen) atoms. The lowest BCUT2D eigenvalue weighted by atomic mass is 9.68. The highest BCUT2D eigenvalue weighted by atomic mass is 16.1. The molecule has 2 aliphatic rings. The fourth-order valence-corrected chi connectivity index (χ4v) is 5.10. The average molecular weight is 397 g/mol. The van der Waals surface area contributed by atoms with Crippen molar-refractivity contribution in [2.75, 3.05) is 24.3 Å². The van der Waals surface area contributed by atoms with Crippen LogP contribution in [0.4, 0.5) is 11.4 Å². The Labute approximate surface area is 178 Å². The van der Waals surface area contributed by atoms with E-state index in [1.54, 1.807) is 0 Å². The summed E-state index contributed by atoms with van der Waals surface area (Å²) in [5.41, 5.74) is 6.72. The van der Waals surface area contributed by atoms with Crippen molar-refractivity contribution in [1.29, 1.82) is 0 Å². The highest BCUT2D eigenvalue weighted by molar-refractivity contribution is 6.04. The number of benzene rings is 3. The Bertz CT molecular complexity index is 1190. The van der Waals surface area contributed by atoms with Gasteiger partial charge in [0.1, 0.15) is 0 Å². The molecule has 1 heterocycles. The number of fused-ring (bicyclic) bond motifs is 3. The van der Waals surface area contributed by atoms with Crippen molar-refractivity contribution in [2.45, 2.75) is 32.6 Å². The molecule has 1 N–H and O–H groups in total. The molecule has 0 saturated carbocycles. The fourth-order valence-electron chi connectivity index (χ4n) is 5.10. The van der Waals surface area contributed by atoms with Gasteiger partial charge >= 0.3 is 0 Å². The van der Waals surface area contributed by atoms with Gasteiger partial charge in [-0.3, -0.25) is 4.79 Å². The third-order valence-corrected chi connectivity index (χ3v) is 6.50. The summed E-state index contributed by atoms with van der Waals surface area (Å²) in [6.07, 6.45) is 1.49. The van der Waals surface area contributed by atoms with Gasteiger partial charge in [-0.1, -0.05) is 56.3 Å². The van der Waals surface area contributed by atoms with Gasteiger partial charge in [-0.2, -0.15) is 0 Å². The van der Waals surface area contributed by atoms with E-state index in [1.165, 1.54) is 21.9 Å². The lowest BCUT2D eigenvalue weighted by molar-refractivity contribution is -0.118. The monoisotopic (exact) mass is 396 g/mol. The van der Waals surface area contributed by atoms with Crippen LogP contribution in [0.2, 0.25) is 0 Å². The summed E-state index contributed by atoms with van der Waals surface area (Å²) in [6.45, 7) is 4.38. The second-order valence-corrected chi connectivity index (χ2v) is 9.63.